The molecule has 0 fully saturated rings. The second-order valence-corrected chi connectivity index (χ2v) is 8.53. The number of nitrogens with one attached hydrogen (secondary N) is 2. The predicted octanol–water partition coefficient (Wildman–Crippen LogP) is 4.28. The van der Waals surface area contributed by atoms with Crippen LogP contribution in [0.3, 0.4) is 0 Å². The number of amides is 2. The second-order valence-electron chi connectivity index (χ2n) is 7.51. The fourth-order valence-electron chi connectivity index (χ4n) is 2.78. The highest BCUT2D eigenvalue weighted by Crippen LogP contribution is 2.30. The number of primary amides is 1. The Hall–Kier alpha value is -3.59. The summed E-state index contributed by atoms with van der Waals surface area (Å²) in [6, 6.07) is 11.7. The lowest BCUT2D eigenvalue weighted by atomic mass is 10.2. The van der Waals surface area contributed by atoms with Gasteiger partial charge in [0.1, 0.15) is 23.4 Å². The third-order valence-electron chi connectivity index (χ3n) is 3.97. The first-order valence-corrected chi connectivity index (χ1v) is 10.9. The molecule has 168 valence electrons. The number of anilines is 1. The van der Waals surface area contributed by atoms with Gasteiger partial charge in [-0.15, -0.1) is 0 Å². The van der Waals surface area contributed by atoms with Crippen molar-refractivity contribution < 1.29 is 28.8 Å². The zero-order chi connectivity index (χ0) is 23.3. The Kier molecular flexibility index (Phi) is 7.32. The van der Waals surface area contributed by atoms with Crippen LogP contribution in [0.5, 0.6) is 22.3 Å². The second kappa shape index (κ2) is 10.1. The molecule has 0 aliphatic rings. The molecule has 9 heteroatoms. The molecule has 0 atom stereocenters. The quantitative estimate of drug-likeness (QED) is 0.499. The Bertz CT molecular complexity index is 1080. The lowest BCUT2D eigenvalue weighted by Crippen LogP contribution is -2.17. The fourth-order valence-corrected chi connectivity index (χ4v) is 3.50. The summed E-state index contributed by atoms with van der Waals surface area (Å²) >= 11 is 1.21. The molecule has 2 amide bonds. The molecule has 2 aromatic carbocycles. The van der Waals surface area contributed by atoms with Crippen LogP contribution in [0.15, 0.2) is 48.7 Å². The summed E-state index contributed by atoms with van der Waals surface area (Å²) in [4.78, 5) is 27.1. The van der Waals surface area contributed by atoms with Crippen molar-refractivity contribution in [2.45, 2.75) is 39.9 Å². The molecule has 3 aromatic rings. The van der Waals surface area contributed by atoms with Crippen LogP contribution in [0.25, 0.3) is 0 Å². The fraction of sp³-hybridized carbons (Fsp3) is 0.261. The monoisotopic (exact) mass is 456 g/mol. The van der Waals surface area contributed by atoms with Crippen molar-refractivity contribution in [3.63, 3.8) is 0 Å². The van der Waals surface area contributed by atoms with Gasteiger partial charge in [-0.1, -0.05) is 6.07 Å². The number of aromatic nitrogens is 1. The standard InChI is InChI=1S/C23H25N3O5S/c1-13(2)29-18-9-16(10-19(11-18)30-14(3)4)22(28)26-23-25-12-20(32-23)31-17-7-5-6-15(8-17)21(24)27/h5-14H,1-4H3,(H2,24,27)(H,25,26,28)/p+1. The van der Waals surface area contributed by atoms with Crippen molar-refractivity contribution in [1.82, 2.24) is 0 Å². The average molecular weight is 457 g/mol. The highest BCUT2D eigenvalue weighted by Gasteiger charge is 2.19. The molecule has 0 unspecified atom stereocenters. The molecule has 0 saturated heterocycles. The van der Waals surface area contributed by atoms with Crippen LogP contribution in [-0.2, 0) is 0 Å². The summed E-state index contributed by atoms with van der Waals surface area (Å²) in [5.74, 6) is 0.705. The number of thiazole rings is 1. The van der Waals surface area contributed by atoms with Gasteiger partial charge in [-0.05, 0) is 69.4 Å². The number of aromatic amines is 1. The van der Waals surface area contributed by atoms with Gasteiger partial charge in [-0.3, -0.25) is 4.79 Å². The largest absolute Gasteiger partial charge is 0.491 e. The van der Waals surface area contributed by atoms with Gasteiger partial charge in [0.05, 0.1) is 17.8 Å². The van der Waals surface area contributed by atoms with E-state index in [2.05, 4.69) is 10.3 Å². The average Bonchev–Trinajstić information content (AvgIpc) is 3.13. The molecule has 3 rings (SSSR count). The highest BCUT2D eigenvalue weighted by atomic mass is 32.1. The number of nitrogens with two attached hydrogens (primary N) is 1. The first-order chi connectivity index (χ1) is 15.2. The van der Waals surface area contributed by atoms with Gasteiger partial charge in [0.15, 0.2) is 0 Å². The van der Waals surface area contributed by atoms with Gasteiger partial charge in [0.25, 0.3) is 0 Å². The third-order valence-corrected chi connectivity index (χ3v) is 4.80. The van der Waals surface area contributed by atoms with E-state index >= 15 is 0 Å². The lowest BCUT2D eigenvalue weighted by molar-refractivity contribution is -0.354. The van der Waals surface area contributed by atoms with Crippen molar-refractivity contribution in [2.24, 2.45) is 5.73 Å². The molecular weight excluding hydrogens is 430 g/mol. The molecule has 0 bridgehead atoms. The van der Waals surface area contributed by atoms with Crippen LogP contribution in [0.4, 0.5) is 5.13 Å². The summed E-state index contributed by atoms with van der Waals surface area (Å²) in [5.41, 5.74) is 6.05. The van der Waals surface area contributed by atoms with Crippen molar-refractivity contribution in [3.05, 3.63) is 59.8 Å². The number of hydrogen-bond donors (Lipinski definition) is 2. The first-order valence-electron chi connectivity index (χ1n) is 10.1. The smallest absolute Gasteiger partial charge is 0.342 e. The van der Waals surface area contributed by atoms with Crippen molar-refractivity contribution in [3.8, 4) is 22.3 Å². The summed E-state index contributed by atoms with van der Waals surface area (Å²) in [7, 11) is 0. The minimum absolute atomic E-state index is 0.0429. The summed E-state index contributed by atoms with van der Waals surface area (Å²) < 4.78 is 17.3. The molecule has 0 aliphatic carbocycles. The number of carbonyl (C=O) groups excluding carboxylic acids is 2. The zero-order valence-corrected chi connectivity index (χ0v) is 19.1. The van der Waals surface area contributed by atoms with E-state index in [0.717, 1.165) is 0 Å². The topological polar surface area (TPSA) is 114 Å². The maximum Gasteiger partial charge on any atom is 0.342 e. The van der Waals surface area contributed by atoms with Crippen molar-refractivity contribution >= 4 is 28.3 Å². The predicted molar refractivity (Wildman–Crippen MR) is 122 cm³/mol. The number of carbonyl (C=O) groups is 2. The van der Waals surface area contributed by atoms with E-state index in [0.29, 0.717) is 38.6 Å². The summed E-state index contributed by atoms with van der Waals surface area (Å²) in [6.07, 6.45) is 1.53. The van der Waals surface area contributed by atoms with Crippen LogP contribution in [0.2, 0.25) is 0 Å². The molecule has 0 aliphatic heterocycles. The molecule has 1 heterocycles. The van der Waals surface area contributed by atoms with Crippen molar-refractivity contribution in [2.75, 3.05) is 5.32 Å². The van der Waals surface area contributed by atoms with E-state index in [9.17, 15) is 9.59 Å². The van der Waals surface area contributed by atoms with Gasteiger partial charge < -0.3 is 19.9 Å². The highest BCUT2D eigenvalue weighted by molar-refractivity contribution is 7.17. The van der Waals surface area contributed by atoms with E-state index in [4.69, 9.17) is 19.9 Å². The molecule has 8 nitrogen and oxygen atoms in total. The van der Waals surface area contributed by atoms with Gasteiger partial charge in [0.2, 0.25) is 11.0 Å². The van der Waals surface area contributed by atoms with Crippen LogP contribution in [0, 0.1) is 0 Å². The van der Waals surface area contributed by atoms with Crippen molar-refractivity contribution in [1.29, 1.82) is 0 Å². The van der Waals surface area contributed by atoms with E-state index in [-0.39, 0.29) is 18.1 Å². The number of ether oxygens (including phenoxy) is 3. The Morgan fingerprint density at radius 2 is 1.56 bits per heavy atom. The molecule has 0 saturated carbocycles. The summed E-state index contributed by atoms with van der Waals surface area (Å²) in [5, 5.41) is 3.80. The van der Waals surface area contributed by atoms with Crippen LogP contribution < -0.4 is 30.2 Å². The zero-order valence-electron chi connectivity index (χ0n) is 18.3. The number of hydrogen-bond acceptors (Lipinski definition) is 6. The Labute approximate surface area is 190 Å². The minimum atomic E-state index is -0.536. The van der Waals surface area contributed by atoms with Crippen LogP contribution in [-0.4, -0.2) is 24.0 Å². The maximum atomic E-state index is 12.8. The Balaban J connectivity index is 1.74. The molecule has 1 aromatic heterocycles. The van der Waals surface area contributed by atoms with E-state index < -0.39 is 5.91 Å². The van der Waals surface area contributed by atoms with E-state index in [1.807, 2.05) is 27.7 Å². The van der Waals surface area contributed by atoms with E-state index in [1.165, 1.54) is 11.3 Å². The molecular formula is C23H26N3O5S+. The minimum Gasteiger partial charge on any atom is -0.491 e. The molecule has 0 spiro atoms. The maximum absolute atomic E-state index is 12.8. The first kappa shape index (κ1) is 23.1. The Morgan fingerprint density at radius 1 is 0.938 bits per heavy atom. The Morgan fingerprint density at radius 3 is 2.16 bits per heavy atom. The number of rotatable bonds is 9. The number of benzene rings is 2. The SMILES string of the molecule is CC(C)Oc1cc(OC(C)C)cc(C(=O)Nc2[nH+]cc(Oc3cccc(C(N)=O)c3)s2)c1. The van der Waals surface area contributed by atoms with Gasteiger partial charge in [-0.2, -0.15) is 5.32 Å². The molecule has 4 N–H and O–H groups in total. The number of H-pyrrole nitrogens is 1. The lowest BCUT2D eigenvalue weighted by Gasteiger charge is -2.14. The van der Waals surface area contributed by atoms with E-state index in [1.54, 1.807) is 48.7 Å². The molecule has 32 heavy (non-hydrogen) atoms. The molecule has 0 radical (unpaired) electrons. The third kappa shape index (κ3) is 6.45. The normalized spacial score (nSPS) is 10.8. The van der Waals surface area contributed by atoms with Crippen LogP contribution in [0.1, 0.15) is 48.4 Å². The summed E-state index contributed by atoms with van der Waals surface area (Å²) in [6.45, 7) is 7.65. The van der Waals surface area contributed by atoms with Gasteiger partial charge in [-0.25, -0.2) is 9.78 Å². The van der Waals surface area contributed by atoms with Gasteiger partial charge >= 0.3 is 11.0 Å². The van der Waals surface area contributed by atoms with Gasteiger partial charge in [0, 0.05) is 11.6 Å². The van der Waals surface area contributed by atoms with Crippen LogP contribution >= 0.6 is 11.3 Å².